The highest BCUT2D eigenvalue weighted by atomic mass is 127. The molecule has 1 aromatic carbocycles. The van der Waals surface area contributed by atoms with Crippen LogP contribution in [0.2, 0.25) is 0 Å². The molecule has 1 aliphatic rings. The smallest absolute Gasteiger partial charge is 0.242 e. The number of nitrogens with zero attached hydrogens (tertiary/aromatic N) is 3. The summed E-state index contributed by atoms with van der Waals surface area (Å²) in [5, 5.41) is 3.91. The quantitative estimate of drug-likeness (QED) is 0.379. The first kappa shape index (κ1) is 23.1. The number of hydrogen-bond donors (Lipinski definition) is 1. The third-order valence-electron chi connectivity index (χ3n) is 4.45. The lowest BCUT2D eigenvalue weighted by Gasteiger charge is -2.34. The van der Waals surface area contributed by atoms with Gasteiger partial charge in [-0.3, -0.25) is 9.79 Å². The molecule has 1 aliphatic heterocycles. The minimum absolute atomic E-state index is 0. The van der Waals surface area contributed by atoms with Gasteiger partial charge in [0, 0.05) is 44.2 Å². The number of aliphatic imine (C=N–C) groups is 1. The van der Waals surface area contributed by atoms with E-state index in [1.54, 1.807) is 7.05 Å². The first-order chi connectivity index (χ1) is 12.2. The van der Waals surface area contributed by atoms with Crippen LogP contribution in [-0.4, -0.2) is 65.9 Å². The first-order valence-electron chi connectivity index (χ1n) is 9.06. The monoisotopic (exact) mass is 490 g/mol. The van der Waals surface area contributed by atoms with Crippen molar-refractivity contribution in [2.45, 2.75) is 32.1 Å². The second kappa shape index (κ2) is 12.4. The number of thioether (sulfide) groups is 1. The molecule has 0 spiro atoms. The van der Waals surface area contributed by atoms with Crippen molar-refractivity contribution >= 4 is 47.6 Å². The minimum atomic E-state index is 0. The molecule has 1 fully saturated rings. The number of carbonyl (C=O) groups is 1. The normalized spacial score (nSPS) is 17.4. The standard InChI is InChI=1S/C19H30N4OS.HI/c1-4-17-15-23(11-12-25-17)19(20-3)21-13-18(24)22(5-2)14-16-9-7-6-8-10-16;/h6-10,17H,4-5,11-15H2,1-3H3,(H,20,21);1H. The van der Waals surface area contributed by atoms with E-state index in [0.29, 0.717) is 18.3 Å². The van der Waals surface area contributed by atoms with E-state index in [2.05, 4.69) is 34.3 Å². The van der Waals surface area contributed by atoms with Crippen molar-refractivity contribution in [3.05, 3.63) is 35.9 Å². The van der Waals surface area contributed by atoms with Crippen LogP contribution in [0.5, 0.6) is 0 Å². The predicted molar refractivity (Wildman–Crippen MR) is 122 cm³/mol. The van der Waals surface area contributed by atoms with E-state index in [9.17, 15) is 4.79 Å². The Bertz CT molecular complexity index is 570. The Balaban J connectivity index is 0.00000338. The summed E-state index contributed by atoms with van der Waals surface area (Å²) in [6.07, 6.45) is 1.16. The molecule has 2 rings (SSSR count). The fraction of sp³-hybridized carbons (Fsp3) is 0.579. The largest absolute Gasteiger partial charge is 0.347 e. The molecule has 1 atom stereocenters. The number of amides is 1. The van der Waals surface area contributed by atoms with Gasteiger partial charge in [0.05, 0.1) is 6.54 Å². The molecule has 0 saturated carbocycles. The van der Waals surface area contributed by atoms with Crippen LogP contribution in [-0.2, 0) is 11.3 Å². The molecule has 0 aliphatic carbocycles. The van der Waals surface area contributed by atoms with E-state index in [4.69, 9.17) is 0 Å². The number of nitrogens with one attached hydrogen (secondary N) is 1. The van der Waals surface area contributed by atoms with Gasteiger partial charge < -0.3 is 15.1 Å². The molecule has 0 radical (unpaired) electrons. The fourth-order valence-electron chi connectivity index (χ4n) is 2.94. The summed E-state index contributed by atoms with van der Waals surface area (Å²) in [7, 11) is 1.79. The molecule has 5 nitrogen and oxygen atoms in total. The zero-order valence-electron chi connectivity index (χ0n) is 16.0. The van der Waals surface area contributed by atoms with Crippen molar-refractivity contribution in [1.82, 2.24) is 15.1 Å². The Hall–Kier alpha value is -0.960. The summed E-state index contributed by atoms with van der Waals surface area (Å²) < 4.78 is 0. The Labute approximate surface area is 179 Å². The molecule has 1 N–H and O–H groups in total. The van der Waals surface area contributed by atoms with E-state index in [-0.39, 0.29) is 36.4 Å². The molecule has 1 amide bonds. The van der Waals surface area contributed by atoms with Gasteiger partial charge in [0.25, 0.3) is 0 Å². The van der Waals surface area contributed by atoms with Crippen LogP contribution in [0.1, 0.15) is 25.8 Å². The van der Waals surface area contributed by atoms with E-state index in [0.717, 1.165) is 36.8 Å². The summed E-state index contributed by atoms with van der Waals surface area (Å²) in [5.41, 5.74) is 1.15. The van der Waals surface area contributed by atoms with Crippen LogP contribution in [0.15, 0.2) is 35.3 Å². The third-order valence-corrected chi connectivity index (χ3v) is 5.83. The van der Waals surface area contributed by atoms with Gasteiger partial charge in [-0.15, -0.1) is 24.0 Å². The molecule has 0 bridgehead atoms. The van der Waals surface area contributed by atoms with Crippen LogP contribution >= 0.6 is 35.7 Å². The second-order valence-electron chi connectivity index (χ2n) is 6.14. The van der Waals surface area contributed by atoms with Crippen LogP contribution in [0, 0.1) is 0 Å². The zero-order chi connectivity index (χ0) is 18.1. The van der Waals surface area contributed by atoms with Crippen molar-refractivity contribution in [3.63, 3.8) is 0 Å². The first-order valence-corrected chi connectivity index (χ1v) is 10.1. The number of halogens is 1. The Morgan fingerprint density at radius 2 is 2.08 bits per heavy atom. The molecule has 26 heavy (non-hydrogen) atoms. The van der Waals surface area contributed by atoms with Gasteiger partial charge >= 0.3 is 0 Å². The van der Waals surface area contributed by atoms with Crippen molar-refractivity contribution in [3.8, 4) is 0 Å². The van der Waals surface area contributed by atoms with Gasteiger partial charge in [0.2, 0.25) is 5.91 Å². The molecular formula is C19H31IN4OS. The van der Waals surface area contributed by atoms with Crippen molar-refractivity contribution < 1.29 is 4.79 Å². The number of hydrogen-bond acceptors (Lipinski definition) is 3. The van der Waals surface area contributed by atoms with Gasteiger partial charge in [0.1, 0.15) is 0 Å². The summed E-state index contributed by atoms with van der Waals surface area (Å²) >= 11 is 2.03. The topological polar surface area (TPSA) is 47.9 Å². The van der Waals surface area contributed by atoms with Crippen molar-refractivity contribution in [2.24, 2.45) is 4.99 Å². The molecular weight excluding hydrogens is 459 g/mol. The third kappa shape index (κ3) is 6.98. The van der Waals surface area contributed by atoms with Crippen LogP contribution in [0.3, 0.4) is 0 Å². The maximum absolute atomic E-state index is 12.6. The van der Waals surface area contributed by atoms with Crippen LogP contribution < -0.4 is 5.32 Å². The molecule has 146 valence electrons. The van der Waals surface area contributed by atoms with E-state index in [1.807, 2.05) is 41.8 Å². The Morgan fingerprint density at radius 3 is 2.69 bits per heavy atom. The van der Waals surface area contributed by atoms with E-state index >= 15 is 0 Å². The summed E-state index contributed by atoms with van der Waals surface area (Å²) in [4.78, 5) is 21.1. The maximum Gasteiger partial charge on any atom is 0.242 e. The number of rotatable bonds is 6. The minimum Gasteiger partial charge on any atom is -0.347 e. The van der Waals surface area contributed by atoms with E-state index in [1.165, 1.54) is 0 Å². The molecule has 0 aromatic heterocycles. The van der Waals surface area contributed by atoms with Gasteiger partial charge in [-0.2, -0.15) is 11.8 Å². The number of likely N-dealkylation sites (N-methyl/N-ethyl adjacent to an activating group) is 1. The summed E-state index contributed by atoms with van der Waals surface area (Å²) in [6, 6.07) is 10.1. The average molecular weight is 490 g/mol. The number of carbonyl (C=O) groups excluding carboxylic acids is 1. The lowest BCUT2D eigenvalue weighted by molar-refractivity contribution is -0.130. The van der Waals surface area contributed by atoms with Crippen molar-refractivity contribution in [2.75, 3.05) is 39.0 Å². The van der Waals surface area contributed by atoms with Gasteiger partial charge in [-0.25, -0.2) is 0 Å². The zero-order valence-corrected chi connectivity index (χ0v) is 19.1. The molecule has 1 saturated heterocycles. The molecule has 7 heteroatoms. The molecule has 1 heterocycles. The van der Waals surface area contributed by atoms with Crippen molar-refractivity contribution in [1.29, 1.82) is 0 Å². The summed E-state index contributed by atoms with van der Waals surface area (Å²) in [5.74, 6) is 2.05. The molecule has 1 unspecified atom stereocenters. The number of guanidine groups is 1. The highest BCUT2D eigenvalue weighted by Crippen LogP contribution is 2.20. The number of benzene rings is 1. The maximum atomic E-state index is 12.6. The highest BCUT2D eigenvalue weighted by molar-refractivity contribution is 14.0. The SMILES string of the molecule is CCC1CN(C(=NC)NCC(=O)N(CC)Cc2ccccc2)CCS1.I. The highest BCUT2D eigenvalue weighted by Gasteiger charge is 2.22. The lowest BCUT2D eigenvalue weighted by atomic mass is 10.2. The summed E-state index contributed by atoms with van der Waals surface area (Å²) in [6.45, 7) is 7.86. The van der Waals surface area contributed by atoms with Gasteiger partial charge in [0.15, 0.2) is 5.96 Å². The lowest BCUT2D eigenvalue weighted by Crippen LogP contribution is -2.50. The van der Waals surface area contributed by atoms with Gasteiger partial charge in [-0.1, -0.05) is 37.3 Å². The van der Waals surface area contributed by atoms with E-state index < -0.39 is 0 Å². The predicted octanol–water partition coefficient (Wildman–Crippen LogP) is 3.06. The van der Waals surface area contributed by atoms with Gasteiger partial charge in [-0.05, 0) is 18.9 Å². The average Bonchev–Trinajstić information content (AvgIpc) is 2.67. The molecule has 1 aromatic rings. The second-order valence-corrected chi connectivity index (χ2v) is 7.55. The Kier molecular flexibility index (Phi) is 11.0. The van der Waals surface area contributed by atoms with Crippen LogP contribution in [0.4, 0.5) is 0 Å². The Morgan fingerprint density at radius 1 is 1.35 bits per heavy atom. The van der Waals surface area contributed by atoms with Crippen LogP contribution in [0.25, 0.3) is 0 Å². The fourth-order valence-corrected chi connectivity index (χ4v) is 4.12.